The zero-order valence-corrected chi connectivity index (χ0v) is 16.9. The Hall–Kier alpha value is -3.47. The van der Waals surface area contributed by atoms with Gasteiger partial charge in [0.2, 0.25) is 0 Å². The van der Waals surface area contributed by atoms with Crippen LogP contribution in [0.15, 0.2) is 66.7 Å². The van der Waals surface area contributed by atoms with Gasteiger partial charge >= 0.3 is 0 Å². The fraction of sp³-hybridized carbons (Fsp3) is 0.208. The average Bonchev–Trinajstić information content (AvgIpc) is 2.75. The van der Waals surface area contributed by atoms with Crippen LogP contribution in [0.3, 0.4) is 0 Å². The van der Waals surface area contributed by atoms with Gasteiger partial charge in [-0.1, -0.05) is 61.5 Å². The predicted octanol–water partition coefficient (Wildman–Crippen LogP) is 4.70. The van der Waals surface area contributed by atoms with E-state index in [1.165, 1.54) is 0 Å². The maximum Gasteiger partial charge on any atom is 0.274 e. The van der Waals surface area contributed by atoms with Gasteiger partial charge in [0.1, 0.15) is 11.4 Å². The molecule has 2 N–H and O–H groups in total. The molecular weight excluding hydrogens is 362 g/mol. The summed E-state index contributed by atoms with van der Waals surface area (Å²) in [7, 11) is 0. The Labute approximate surface area is 171 Å². The lowest BCUT2D eigenvalue weighted by molar-refractivity contribution is 0.0934. The fourth-order valence-electron chi connectivity index (χ4n) is 3.16. The van der Waals surface area contributed by atoms with Crippen LogP contribution < -0.4 is 10.6 Å². The van der Waals surface area contributed by atoms with Gasteiger partial charge in [0.25, 0.3) is 11.8 Å². The normalized spacial score (nSPS) is 11.6. The molecule has 0 fully saturated rings. The number of benzene rings is 2. The van der Waals surface area contributed by atoms with Gasteiger partial charge in [-0.3, -0.25) is 9.59 Å². The van der Waals surface area contributed by atoms with Gasteiger partial charge < -0.3 is 10.6 Å². The van der Waals surface area contributed by atoms with Crippen molar-refractivity contribution in [2.45, 2.75) is 33.2 Å². The molecule has 0 bridgehead atoms. The van der Waals surface area contributed by atoms with Gasteiger partial charge in [0.15, 0.2) is 0 Å². The molecule has 2 aromatic carbocycles. The topological polar surface area (TPSA) is 71.1 Å². The third-order valence-electron chi connectivity index (χ3n) is 4.84. The number of carbonyl (C=O) groups excluding carboxylic acids is 2. The number of carbonyl (C=O) groups is 2. The number of hydrogen-bond acceptors (Lipinski definition) is 3. The van der Waals surface area contributed by atoms with Crippen molar-refractivity contribution in [1.29, 1.82) is 0 Å². The number of pyridine rings is 1. The zero-order chi connectivity index (χ0) is 20.8. The molecule has 0 saturated carbocycles. The summed E-state index contributed by atoms with van der Waals surface area (Å²) >= 11 is 0. The molecule has 1 aromatic heterocycles. The molecule has 5 heteroatoms. The Morgan fingerprint density at radius 3 is 2.24 bits per heavy atom. The molecular formula is C24H25N3O2. The lowest BCUT2D eigenvalue weighted by atomic mass is 10.1. The number of nitrogens with zero attached hydrogens (tertiary/aromatic N) is 1. The van der Waals surface area contributed by atoms with Crippen LogP contribution in [0.1, 0.15) is 57.6 Å². The first-order valence-corrected chi connectivity index (χ1v) is 9.72. The monoisotopic (exact) mass is 387 g/mol. The lowest BCUT2D eigenvalue weighted by Crippen LogP contribution is -2.28. The number of rotatable bonds is 6. The van der Waals surface area contributed by atoms with E-state index in [4.69, 9.17) is 0 Å². The van der Waals surface area contributed by atoms with Gasteiger partial charge in [-0.25, -0.2) is 4.98 Å². The highest BCUT2D eigenvalue weighted by atomic mass is 16.2. The summed E-state index contributed by atoms with van der Waals surface area (Å²) in [6.07, 6.45) is 0.810. The molecule has 0 radical (unpaired) electrons. The van der Waals surface area contributed by atoms with Crippen LogP contribution in [0.5, 0.6) is 0 Å². The number of aryl methyl sites for hydroxylation is 2. The summed E-state index contributed by atoms with van der Waals surface area (Å²) in [5.74, 6) is -0.652. The van der Waals surface area contributed by atoms with Crippen LogP contribution in [0.2, 0.25) is 0 Å². The third kappa shape index (κ3) is 4.88. The van der Waals surface area contributed by atoms with Crippen LogP contribution >= 0.6 is 0 Å². The van der Waals surface area contributed by atoms with E-state index in [-0.39, 0.29) is 29.2 Å². The number of anilines is 1. The van der Waals surface area contributed by atoms with E-state index >= 15 is 0 Å². The number of para-hydroxylation sites is 1. The molecule has 2 amide bonds. The van der Waals surface area contributed by atoms with Crippen molar-refractivity contribution in [1.82, 2.24) is 10.3 Å². The van der Waals surface area contributed by atoms with Crippen molar-refractivity contribution in [3.8, 4) is 0 Å². The second-order valence-electron chi connectivity index (χ2n) is 6.93. The summed E-state index contributed by atoms with van der Waals surface area (Å²) in [4.78, 5) is 29.6. The Balaban J connectivity index is 1.75. The van der Waals surface area contributed by atoms with Gasteiger partial charge in [-0.05, 0) is 49.1 Å². The van der Waals surface area contributed by atoms with Crippen LogP contribution in [-0.4, -0.2) is 16.8 Å². The van der Waals surface area contributed by atoms with Crippen LogP contribution in [0.4, 0.5) is 5.69 Å². The van der Waals surface area contributed by atoms with Crippen molar-refractivity contribution in [2.75, 3.05) is 5.32 Å². The number of hydrogen-bond donors (Lipinski definition) is 2. The van der Waals surface area contributed by atoms with E-state index in [0.717, 1.165) is 28.8 Å². The first-order valence-electron chi connectivity index (χ1n) is 9.72. The summed E-state index contributed by atoms with van der Waals surface area (Å²) in [5.41, 5.74) is 4.26. The first kappa shape index (κ1) is 20.3. The Kier molecular flexibility index (Phi) is 6.39. The molecule has 0 aliphatic carbocycles. The number of nitrogens with one attached hydrogen (secondary N) is 2. The quantitative estimate of drug-likeness (QED) is 0.644. The smallest absolute Gasteiger partial charge is 0.274 e. The van der Waals surface area contributed by atoms with Crippen LogP contribution in [0.25, 0.3) is 0 Å². The molecule has 1 atom stereocenters. The highest BCUT2D eigenvalue weighted by Gasteiger charge is 2.16. The average molecular weight is 387 g/mol. The molecule has 5 nitrogen and oxygen atoms in total. The van der Waals surface area contributed by atoms with Crippen molar-refractivity contribution in [2.24, 2.45) is 0 Å². The Bertz CT molecular complexity index is 1020. The highest BCUT2D eigenvalue weighted by Crippen LogP contribution is 2.21. The molecule has 0 spiro atoms. The number of amides is 2. The maximum absolute atomic E-state index is 12.7. The van der Waals surface area contributed by atoms with Crippen LogP contribution in [0, 0.1) is 6.92 Å². The van der Waals surface area contributed by atoms with Gasteiger partial charge in [0, 0.05) is 5.69 Å². The zero-order valence-electron chi connectivity index (χ0n) is 16.9. The molecule has 29 heavy (non-hydrogen) atoms. The third-order valence-corrected chi connectivity index (χ3v) is 4.84. The SMILES string of the molecule is CCc1cccc(C)c1NC(=O)c1cccc(C(=O)NC(C)c2ccccc2)n1. The summed E-state index contributed by atoms with van der Waals surface area (Å²) in [5, 5.41) is 5.87. The minimum Gasteiger partial charge on any atom is -0.344 e. The summed E-state index contributed by atoms with van der Waals surface area (Å²) in [6.45, 7) is 5.91. The van der Waals surface area contributed by atoms with Crippen LogP contribution in [-0.2, 0) is 6.42 Å². The second kappa shape index (κ2) is 9.15. The lowest BCUT2D eigenvalue weighted by Gasteiger charge is -2.15. The summed E-state index contributed by atoms with van der Waals surface area (Å²) < 4.78 is 0. The molecule has 3 aromatic rings. The predicted molar refractivity (Wildman–Crippen MR) is 115 cm³/mol. The Morgan fingerprint density at radius 2 is 1.55 bits per heavy atom. The van der Waals surface area contributed by atoms with E-state index in [0.29, 0.717) is 0 Å². The van der Waals surface area contributed by atoms with E-state index in [1.807, 2.05) is 69.3 Å². The van der Waals surface area contributed by atoms with E-state index in [1.54, 1.807) is 18.2 Å². The second-order valence-corrected chi connectivity index (χ2v) is 6.93. The molecule has 1 heterocycles. The molecule has 148 valence electrons. The van der Waals surface area contributed by atoms with Crippen molar-refractivity contribution < 1.29 is 9.59 Å². The van der Waals surface area contributed by atoms with E-state index < -0.39 is 0 Å². The summed E-state index contributed by atoms with van der Waals surface area (Å²) in [6, 6.07) is 20.3. The minimum atomic E-state index is -0.334. The van der Waals surface area contributed by atoms with E-state index in [2.05, 4.69) is 15.6 Å². The highest BCUT2D eigenvalue weighted by molar-refractivity contribution is 6.04. The molecule has 0 aliphatic rings. The van der Waals surface area contributed by atoms with Crippen molar-refractivity contribution in [3.63, 3.8) is 0 Å². The van der Waals surface area contributed by atoms with Gasteiger partial charge in [0.05, 0.1) is 6.04 Å². The number of aromatic nitrogens is 1. The minimum absolute atomic E-state index is 0.165. The van der Waals surface area contributed by atoms with Gasteiger partial charge in [-0.2, -0.15) is 0 Å². The van der Waals surface area contributed by atoms with E-state index in [9.17, 15) is 9.59 Å². The van der Waals surface area contributed by atoms with Crippen molar-refractivity contribution >= 4 is 17.5 Å². The maximum atomic E-state index is 12.7. The largest absolute Gasteiger partial charge is 0.344 e. The first-order chi connectivity index (χ1) is 14.0. The van der Waals surface area contributed by atoms with Gasteiger partial charge in [-0.15, -0.1) is 0 Å². The Morgan fingerprint density at radius 1 is 0.897 bits per heavy atom. The van der Waals surface area contributed by atoms with Crippen molar-refractivity contribution in [3.05, 3.63) is 94.8 Å². The fourth-order valence-corrected chi connectivity index (χ4v) is 3.16. The molecule has 1 unspecified atom stereocenters. The molecule has 3 rings (SSSR count). The standard InChI is InChI=1S/C24H25N3O2/c1-4-18-13-8-10-16(2)22(18)27-24(29)21-15-9-14-20(26-21)23(28)25-17(3)19-11-6-5-7-12-19/h5-15,17H,4H2,1-3H3,(H,25,28)(H,27,29). The molecule has 0 saturated heterocycles. The molecule has 0 aliphatic heterocycles.